The zero-order chi connectivity index (χ0) is 23.9. The Balaban J connectivity index is 1.17. The fourth-order valence-corrected chi connectivity index (χ4v) is 4.77. The molecule has 0 radical (unpaired) electrons. The first-order valence-electron chi connectivity index (χ1n) is 12.2. The van der Waals surface area contributed by atoms with Crippen LogP contribution in [0.4, 0.5) is 0 Å². The third kappa shape index (κ3) is 5.88. The van der Waals surface area contributed by atoms with E-state index in [9.17, 15) is 4.79 Å². The number of benzene rings is 3. The van der Waals surface area contributed by atoms with Crippen molar-refractivity contribution in [3.05, 3.63) is 131 Å². The largest absolute Gasteiger partial charge is 0.467 e. The molecule has 0 spiro atoms. The van der Waals surface area contributed by atoms with Crippen LogP contribution in [0.25, 0.3) is 0 Å². The van der Waals surface area contributed by atoms with Gasteiger partial charge in [-0.3, -0.25) is 14.6 Å². The van der Waals surface area contributed by atoms with Gasteiger partial charge in [0.15, 0.2) is 0 Å². The second-order valence-corrected chi connectivity index (χ2v) is 8.99. The van der Waals surface area contributed by atoms with Gasteiger partial charge >= 0.3 is 0 Å². The summed E-state index contributed by atoms with van der Waals surface area (Å²) in [4.78, 5) is 17.5. The fourth-order valence-electron chi connectivity index (χ4n) is 4.77. The van der Waals surface area contributed by atoms with Gasteiger partial charge in [-0.2, -0.15) is 0 Å². The lowest BCUT2D eigenvalue weighted by Crippen LogP contribution is -2.47. The molecular weight excluding hydrogens is 434 g/mol. The van der Waals surface area contributed by atoms with Crippen molar-refractivity contribution in [2.75, 3.05) is 26.2 Å². The molecule has 5 nitrogen and oxygen atoms in total. The highest BCUT2D eigenvalue weighted by Crippen LogP contribution is 2.29. The quantitative estimate of drug-likeness (QED) is 0.393. The molecule has 178 valence electrons. The predicted molar refractivity (Wildman–Crippen MR) is 138 cm³/mol. The van der Waals surface area contributed by atoms with Crippen LogP contribution in [0, 0.1) is 0 Å². The average molecular weight is 466 g/mol. The maximum absolute atomic E-state index is 12.4. The highest BCUT2D eigenvalue weighted by atomic mass is 16.3. The topological polar surface area (TPSA) is 48.7 Å². The lowest BCUT2D eigenvalue weighted by molar-refractivity contribution is 0.0948. The molecule has 1 saturated heterocycles. The monoisotopic (exact) mass is 465 g/mol. The third-order valence-electron chi connectivity index (χ3n) is 6.63. The summed E-state index contributed by atoms with van der Waals surface area (Å²) >= 11 is 0. The van der Waals surface area contributed by atoms with Gasteiger partial charge in [0.05, 0.1) is 18.8 Å². The number of furan rings is 1. The van der Waals surface area contributed by atoms with E-state index < -0.39 is 0 Å². The van der Waals surface area contributed by atoms with E-state index in [1.165, 1.54) is 16.7 Å². The molecule has 1 aromatic heterocycles. The van der Waals surface area contributed by atoms with Crippen molar-refractivity contribution in [2.45, 2.75) is 19.1 Å². The second kappa shape index (κ2) is 11.2. The first-order valence-corrected chi connectivity index (χ1v) is 12.2. The van der Waals surface area contributed by atoms with Crippen molar-refractivity contribution in [1.82, 2.24) is 15.1 Å². The maximum atomic E-state index is 12.4. The van der Waals surface area contributed by atoms with Crippen LogP contribution in [-0.4, -0.2) is 41.9 Å². The Morgan fingerprint density at radius 1 is 0.771 bits per heavy atom. The van der Waals surface area contributed by atoms with Crippen LogP contribution in [0.3, 0.4) is 0 Å². The van der Waals surface area contributed by atoms with E-state index >= 15 is 0 Å². The van der Waals surface area contributed by atoms with Crippen LogP contribution < -0.4 is 5.32 Å². The van der Waals surface area contributed by atoms with E-state index in [4.69, 9.17) is 4.42 Å². The normalized spacial score (nSPS) is 14.8. The molecule has 1 aliphatic rings. The number of rotatable bonds is 8. The number of piperazine rings is 1. The lowest BCUT2D eigenvalue weighted by Gasteiger charge is -2.39. The van der Waals surface area contributed by atoms with Crippen LogP contribution in [-0.2, 0) is 13.1 Å². The number of nitrogens with zero attached hydrogens (tertiary/aromatic N) is 2. The van der Waals surface area contributed by atoms with Gasteiger partial charge in [-0.15, -0.1) is 0 Å². The number of nitrogens with one attached hydrogen (secondary N) is 1. The molecule has 4 aromatic rings. The molecule has 2 heterocycles. The maximum Gasteiger partial charge on any atom is 0.251 e. The number of amides is 1. The summed E-state index contributed by atoms with van der Waals surface area (Å²) in [5, 5.41) is 2.90. The van der Waals surface area contributed by atoms with Gasteiger partial charge in [0.25, 0.3) is 5.91 Å². The minimum Gasteiger partial charge on any atom is -0.467 e. The Morgan fingerprint density at radius 2 is 1.40 bits per heavy atom. The minimum atomic E-state index is -0.0885. The van der Waals surface area contributed by atoms with E-state index in [2.05, 4.69) is 87.9 Å². The summed E-state index contributed by atoms with van der Waals surface area (Å²) in [5.41, 5.74) is 4.57. The Labute approximate surface area is 207 Å². The van der Waals surface area contributed by atoms with Gasteiger partial charge in [0, 0.05) is 38.3 Å². The Bertz CT molecular complexity index is 1140. The molecule has 0 bridgehead atoms. The number of hydrogen-bond donors (Lipinski definition) is 1. The number of carbonyl (C=O) groups is 1. The summed E-state index contributed by atoms with van der Waals surface area (Å²) in [6.07, 6.45) is 1.61. The summed E-state index contributed by atoms with van der Waals surface area (Å²) in [5.74, 6) is 0.658. The first kappa shape index (κ1) is 23.1. The molecule has 0 unspecified atom stereocenters. The van der Waals surface area contributed by atoms with Gasteiger partial charge < -0.3 is 9.73 Å². The molecule has 1 fully saturated rings. The van der Waals surface area contributed by atoms with Crippen molar-refractivity contribution in [3.63, 3.8) is 0 Å². The summed E-state index contributed by atoms with van der Waals surface area (Å²) in [6.45, 7) is 5.35. The smallest absolute Gasteiger partial charge is 0.251 e. The molecule has 0 saturated carbocycles. The van der Waals surface area contributed by atoms with E-state index in [0.29, 0.717) is 12.1 Å². The fraction of sp³-hybridized carbons (Fsp3) is 0.233. The zero-order valence-electron chi connectivity index (χ0n) is 19.8. The van der Waals surface area contributed by atoms with Gasteiger partial charge in [-0.05, 0) is 41.0 Å². The van der Waals surface area contributed by atoms with Crippen molar-refractivity contribution >= 4 is 5.91 Å². The van der Waals surface area contributed by atoms with Crippen LogP contribution in [0.15, 0.2) is 108 Å². The highest BCUT2D eigenvalue weighted by Gasteiger charge is 2.26. The molecular formula is C30H31N3O2. The van der Waals surface area contributed by atoms with E-state index in [1.807, 2.05) is 24.3 Å². The van der Waals surface area contributed by atoms with E-state index in [1.54, 1.807) is 6.26 Å². The molecule has 35 heavy (non-hydrogen) atoms. The van der Waals surface area contributed by atoms with Crippen molar-refractivity contribution < 1.29 is 9.21 Å². The van der Waals surface area contributed by atoms with Crippen LogP contribution in [0.1, 0.15) is 38.9 Å². The molecule has 1 N–H and O–H groups in total. The minimum absolute atomic E-state index is 0.0885. The summed E-state index contributed by atoms with van der Waals surface area (Å²) < 4.78 is 5.27. The molecule has 3 aromatic carbocycles. The highest BCUT2D eigenvalue weighted by molar-refractivity contribution is 5.94. The third-order valence-corrected chi connectivity index (χ3v) is 6.63. The summed E-state index contributed by atoms with van der Waals surface area (Å²) in [6, 6.07) is 33.5. The Morgan fingerprint density at radius 3 is 1.97 bits per heavy atom. The number of carbonyl (C=O) groups excluding carboxylic acids is 1. The van der Waals surface area contributed by atoms with E-state index in [0.717, 1.165) is 38.5 Å². The standard InChI is InChI=1S/C30H31N3O2/c34-30(31-22-28-12-7-21-35-28)27-15-13-24(14-16-27)23-32-17-19-33(20-18-32)29(25-8-3-1-4-9-25)26-10-5-2-6-11-26/h1-16,21,29H,17-20,22-23H2,(H,31,34). The molecule has 1 amide bonds. The van der Waals surface area contributed by atoms with Crippen molar-refractivity contribution in [1.29, 1.82) is 0 Å². The van der Waals surface area contributed by atoms with Crippen LogP contribution >= 0.6 is 0 Å². The van der Waals surface area contributed by atoms with Gasteiger partial charge in [-0.25, -0.2) is 0 Å². The molecule has 5 heteroatoms. The van der Waals surface area contributed by atoms with Crippen LogP contribution in [0.2, 0.25) is 0 Å². The van der Waals surface area contributed by atoms with Gasteiger partial charge in [0.1, 0.15) is 5.76 Å². The van der Waals surface area contributed by atoms with Gasteiger partial charge in [-0.1, -0.05) is 72.8 Å². The summed E-state index contributed by atoms with van der Waals surface area (Å²) in [7, 11) is 0. The average Bonchev–Trinajstić information content (AvgIpc) is 3.44. The molecule has 0 aliphatic carbocycles. The predicted octanol–water partition coefficient (Wildman–Crippen LogP) is 5.12. The molecule has 0 atom stereocenters. The molecule has 1 aliphatic heterocycles. The van der Waals surface area contributed by atoms with Crippen molar-refractivity contribution in [2.24, 2.45) is 0 Å². The van der Waals surface area contributed by atoms with Gasteiger partial charge in [0.2, 0.25) is 0 Å². The van der Waals surface area contributed by atoms with Crippen molar-refractivity contribution in [3.8, 4) is 0 Å². The second-order valence-electron chi connectivity index (χ2n) is 8.99. The van der Waals surface area contributed by atoms with Crippen LogP contribution in [0.5, 0.6) is 0 Å². The zero-order valence-corrected chi connectivity index (χ0v) is 19.8. The first-order chi connectivity index (χ1) is 17.3. The Hall–Kier alpha value is -3.67. The molecule has 5 rings (SSSR count). The number of hydrogen-bond acceptors (Lipinski definition) is 4. The Kier molecular flexibility index (Phi) is 7.37. The van der Waals surface area contributed by atoms with E-state index in [-0.39, 0.29) is 11.9 Å². The lowest BCUT2D eigenvalue weighted by atomic mass is 9.96. The SMILES string of the molecule is O=C(NCc1ccco1)c1ccc(CN2CCN(C(c3ccccc3)c3ccccc3)CC2)cc1.